The average molecular weight is 296 g/mol. The maximum atomic E-state index is 12.3. The number of rotatable bonds is 3. The van der Waals surface area contributed by atoms with Crippen molar-refractivity contribution in [2.45, 2.75) is 37.1 Å². The molecular weight excluding hydrogens is 276 g/mol. The highest BCUT2D eigenvalue weighted by molar-refractivity contribution is 7.90. The van der Waals surface area contributed by atoms with Crippen molar-refractivity contribution in [1.29, 1.82) is 0 Å². The van der Waals surface area contributed by atoms with E-state index in [2.05, 4.69) is 10.6 Å². The molecule has 2 rings (SSSR count). The first-order valence-corrected chi connectivity index (χ1v) is 8.49. The highest BCUT2D eigenvalue weighted by Crippen LogP contribution is 2.24. The number of nitrogens with one attached hydrogen (secondary N) is 2. The van der Waals surface area contributed by atoms with Crippen molar-refractivity contribution in [1.82, 2.24) is 5.32 Å². The number of sulfone groups is 1. The predicted octanol–water partition coefficient (Wildman–Crippen LogP) is 1.48. The Balaban J connectivity index is 2.27. The molecule has 1 aromatic carbocycles. The van der Waals surface area contributed by atoms with Crippen molar-refractivity contribution in [2.24, 2.45) is 0 Å². The zero-order chi connectivity index (χ0) is 15.0. The van der Waals surface area contributed by atoms with Crippen molar-refractivity contribution < 1.29 is 13.2 Å². The fraction of sp³-hybridized carbons (Fsp3) is 0.500. The third-order valence-corrected chi connectivity index (χ3v) is 4.87. The molecule has 2 N–H and O–H groups in total. The predicted molar refractivity (Wildman–Crippen MR) is 78.6 cm³/mol. The van der Waals surface area contributed by atoms with Crippen molar-refractivity contribution in [3.05, 3.63) is 23.8 Å². The molecule has 1 atom stereocenters. The van der Waals surface area contributed by atoms with Crippen LogP contribution in [0.1, 0.15) is 25.3 Å². The van der Waals surface area contributed by atoms with Gasteiger partial charge >= 0.3 is 0 Å². The van der Waals surface area contributed by atoms with Gasteiger partial charge in [0.15, 0.2) is 9.84 Å². The summed E-state index contributed by atoms with van der Waals surface area (Å²) in [6.07, 6.45) is 2.90. The summed E-state index contributed by atoms with van der Waals surface area (Å²) in [5, 5.41) is 6.03. The van der Waals surface area contributed by atoms with E-state index in [0.29, 0.717) is 5.69 Å². The van der Waals surface area contributed by atoms with Crippen LogP contribution in [-0.4, -0.2) is 32.7 Å². The van der Waals surface area contributed by atoms with Crippen LogP contribution in [0.4, 0.5) is 5.69 Å². The first-order chi connectivity index (χ1) is 9.22. The second-order valence-electron chi connectivity index (χ2n) is 5.57. The minimum Gasteiger partial charge on any atom is -0.324 e. The van der Waals surface area contributed by atoms with E-state index in [0.717, 1.165) is 31.2 Å². The molecular formula is C14H20N2O3S. The summed E-state index contributed by atoms with van der Waals surface area (Å²) in [5.41, 5.74) is 0.813. The standard InChI is InChI=1S/C14H20N2O3S/c1-10-5-6-11(20(3,18)19)9-12(10)16-13(17)14(2)7-4-8-15-14/h5-6,9,15H,4,7-8H2,1-3H3,(H,16,17). The van der Waals surface area contributed by atoms with Crippen LogP contribution in [0.2, 0.25) is 0 Å². The number of carbonyl (C=O) groups excluding carboxylic acids is 1. The van der Waals surface area contributed by atoms with E-state index in [-0.39, 0.29) is 10.8 Å². The Bertz CT molecular complexity index is 632. The number of anilines is 1. The molecule has 110 valence electrons. The lowest BCUT2D eigenvalue weighted by atomic mass is 9.99. The van der Waals surface area contributed by atoms with Gasteiger partial charge in [-0.1, -0.05) is 6.07 Å². The van der Waals surface area contributed by atoms with Crippen LogP contribution in [0.3, 0.4) is 0 Å². The molecule has 1 fully saturated rings. The molecule has 1 heterocycles. The van der Waals surface area contributed by atoms with Gasteiger partial charge in [0, 0.05) is 11.9 Å². The number of aryl methyl sites for hydroxylation is 1. The Morgan fingerprint density at radius 2 is 2.10 bits per heavy atom. The smallest absolute Gasteiger partial charge is 0.244 e. The second kappa shape index (κ2) is 5.18. The summed E-state index contributed by atoms with van der Waals surface area (Å²) in [6.45, 7) is 4.53. The first-order valence-electron chi connectivity index (χ1n) is 6.59. The molecule has 1 aromatic rings. The van der Waals surface area contributed by atoms with Crippen LogP contribution < -0.4 is 10.6 Å². The Morgan fingerprint density at radius 1 is 1.40 bits per heavy atom. The van der Waals surface area contributed by atoms with Gasteiger partial charge in [-0.15, -0.1) is 0 Å². The normalized spacial score (nSPS) is 22.8. The Hall–Kier alpha value is -1.40. The SMILES string of the molecule is Cc1ccc(S(C)(=O)=O)cc1NC(=O)C1(C)CCCN1. The molecule has 6 heteroatoms. The van der Waals surface area contributed by atoms with Crippen LogP contribution >= 0.6 is 0 Å². The molecule has 1 aliphatic rings. The van der Waals surface area contributed by atoms with E-state index in [1.54, 1.807) is 12.1 Å². The van der Waals surface area contributed by atoms with Gasteiger partial charge in [0.25, 0.3) is 0 Å². The Morgan fingerprint density at radius 3 is 2.65 bits per heavy atom. The van der Waals surface area contributed by atoms with E-state index in [9.17, 15) is 13.2 Å². The van der Waals surface area contributed by atoms with Crippen molar-refractivity contribution in [2.75, 3.05) is 18.1 Å². The molecule has 5 nitrogen and oxygen atoms in total. The van der Waals surface area contributed by atoms with Crippen LogP contribution in [0, 0.1) is 6.92 Å². The molecule has 1 aliphatic heterocycles. The van der Waals surface area contributed by atoms with Crippen LogP contribution in [0.15, 0.2) is 23.1 Å². The topological polar surface area (TPSA) is 75.3 Å². The molecule has 1 saturated heterocycles. The summed E-state index contributed by atoms with van der Waals surface area (Å²) in [7, 11) is -3.28. The average Bonchev–Trinajstić information content (AvgIpc) is 2.79. The zero-order valence-corrected chi connectivity index (χ0v) is 12.8. The minimum absolute atomic E-state index is 0.122. The van der Waals surface area contributed by atoms with Gasteiger partial charge in [-0.3, -0.25) is 4.79 Å². The Labute approximate surface area is 119 Å². The molecule has 0 radical (unpaired) electrons. The molecule has 1 unspecified atom stereocenters. The molecule has 0 aliphatic carbocycles. The fourth-order valence-electron chi connectivity index (χ4n) is 2.32. The lowest BCUT2D eigenvalue weighted by Gasteiger charge is -2.23. The van der Waals surface area contributed by atoms with Gasteiger partial charge in [-0.05, 0) is 50.9 Å². The molecule has 1 amide bonds. The van der Waals surface area contributed by atoms with Gasteiger partial charge < -0.3 is 10.6 Å². The molecule has 0 saturated carbocycles. The maximum absolute atomic E-state index is 12.3. The highest BCUT2D eigenvalue weighted by atomic mass is 32.2. The van der Waals surface area contributed by atoms with Crippen LogP contribution in [0.5, 0.6) is 0 Å². The third kappa shape index (κ3) is 3.02. The molecule has 0 aromatic heterocycles. The summed E-state index contributed by atoms with van der Waals surface area (Å²) in [6, 6.07) is 4.77. The van der Waals surface area contributed by atoms with Gasteiger partial charge in [-0.2, -0.15) is 0 Å². The number of amides is 1. The largest absolute Gasteiger partial charge is 0.324 e. The fourth-order valence-corrected chi connectivity index (χ4v) is 2.96. The van der Waals surface area contributed by atoms with E-state index in [1.807, 2.05) is 13.8 Å². The van der Waals surface area contributed by atoms with Crippen molar-refractivity contribution >= 4 is 21.4 Å². The van der Waals surface area contributed by atoms with Crippen molar-refractivity contribution in [3.63, 3.8) is 0 Å². The Kier molecular flexibility index (Phi) is 3.88. The molecule has 0 bridgehead atoms. The third-order valence-electron chi connectivity index (χ3n) is 3.76. The van der Waals surface area contributed by atoms with Crippen molar-refractivity contribution in [3.8, 4) is 0 Å². The van der Waals surface area contributed by atoms with Gasteiger partial charge in [0.05, 0.1) is 10.4 Å². The lowest BCUT2D eigenvalue weighted by molar-refractivity contribution is -0.121. The zero-order valence-electron chi connectivity index (χ0n) is 12.0. The molecule has 0 spiro atoms. The van der Waals surface area contributed by atoms with Crippen LogP contribution in [0.25, 0.3) is 0 Å². The van der Waals surface area contributed by atoms with E-state index in [1.165, 1.54) is 6.07 Å². The van der Waals surface area contributed by atoms with E-state index < -0.39 is 15.4 Å². The summed E-state index contributed by atoms with van der Waals surface area (Å²) < 4.78 is 23.2. The molecule has 20 heavy (non-hydrogen) atoms. The van der Waals surface area contributed by atoms with Crippen LogP contribution in [-0.2, 0) is 14.6 Å². The maximum Gasteiger partial charge on any atom is 0.244 e. The number of hydrogen-bond donors (Lipinski definition) is 2. The number of carbonyl (C=O) groups is 1. The first kappa shape index (κ1) is 15.0. The van der Waals surface area contributed by atoms with Gasteiger partial charge in [0.1, 0.15) is 0 Å². The van der Waals surface area contributed by atoms with E-state index in [4.69, 9.17) is 0 Å². The van der Waals surface area contributed by atoms with Gasteiger partial charge in [0.2, 0.25) is 5.91 Å². The quantitative estimate of drug-likeness (QED) is 0.886. The summed E-state index contributed by atoms with van der Waals surface area (Å²) in [4.78, 5) is 12.5. The van der Waals surface area contributed by atoms with E-state index >= 15 is 0 Å². The summed E-state index contributed by atoms with van der Waals surface area (Å²) in [5.74, 6) is -0.122. The summed E-state index contributed by atoms with van der Waals surface area (Å²) >= 11 is 0. The number of benzene rings is 1. The van der Waals surface area contributed by atoms with Gasteiger partial charge in [-0.25, -0.2) is 8.42 Å². The lowest BCUT2D eigenvalue weighted by Crippen LogP contribution is -2.48. The monoisotopic (exact) mass is 296 g/mol. The minimum atomic E-state index is -3.28. The highest BCUT2D eigenvalue weighted by Gasteiger charge is 2.36. The second-order valence-corrected chi connectivity index (χ2v) is 7.58. The number of hydrogen-bond acceptors (Lipinski definition) is 4.